The molecule has 2 aromatic carbocycles. The Morgan fingerprint density at radius 2 is 1.68 bits per heavy atom. The van der Waals surface area contributed by atoms with E-state index in [1.807, 2.05) is 12.1 Å². The highest BCUT2D eigenvalue weighted by Crippen LogP contribution is 2.36. The molecule has 0 aliphatic carbocycles. The van der Waals surface area contributed by atoms with E-state index in [1.165, 1.54) is 11.3 Å². The molecule has 0 aromatic heterocycles. The number of nitrogens with zero attached hydrogens (tertiary/aromatic N) is 2. The molecule has 3 rings (SSSR count). The van der Waals surface area contributed by atoms with Crippen molar-refractivity contribution in [3.63, 3.8) is 0 Å². The van der Waals surface area contributed by atoms with Gasteiger partial charge in [0.2, 0.25) is 0 Å². The molecule has 1 aliphatic heterocycles. The summed E-state index contributed by atoms with van der Waals surface area (Å²) < 4.78 is 10.7. The van der Waals surface area contributed by atoms with Crippen LogP contribution in [0.2, 0.25) is 10.0 Å². The van der Waals surface area contributed by atoms with E-state index in [4.69, 9.17) is 44.9 Å². The predicted octanol–water partition coefficient (Wildman–Crippen LogP) is 4.84. The predicted molar refractivity (Wildman–Crippen MR) is 121 cm³/mol. The smallest absolute Gasteiger partial charge is 0.173 e. The van der Waals surface area contributed by atoms with Crippen LogP contribution in [0.5, 0.6) is 11.5 Å². The van der Waals surface area contributed by atoms with Crippen LogP contribution in [-0.2, 0) is 0 Å². The van der Waals surface area contributed by atoms with E-state index in [-0.39, 0.29) is 0 Å². The minimum absolute atomic E-state index is 0.487. The van der Waals surface area contributed by atoms with Crippen molar-refractivity contribution in [3.8, 4) is 11.5 Å². The van der Waals surface area contributed by atoms with E-state index in [0.29, 0.717) is 21.6 Å². The summed E-state index contributed by atoms with van der Waals surface area (Å²) in [5.74, 6) is 1.18. The van der Waals surface area contributed by atoms with Gasteiger partial charge in [-0.25, -0.2) is 0 Å². The van der Waals surface area contributed by atoms with E-state index < -0.39 is 0 Å². The maximum atomic E-state index is 6.17. The van der Waals surface area contributed by atoms with E-state index in [9.17, 15) is 0 Å². The highest BCUT2D eigenvalue weighted by atomic mass is 35.5. The van der Waals surface area contributed by atoms with Crippen LogP contribution in [0.3, 0.4) is 0 Å². The van der Waals surface area contributed by atoms with Gasteiger partial charge in [-0.15, -0.1) is 0 Å². The molecule has 0 amide bonds. The fourth-order valence-corrected chi connectivity index (χ4v) is 3.92. The Labute approximate surface area is 181 Å². The SMILES string of the molecule is COc1cc(NC(=S)N2CCN(c3cc(Cl)ccc3C)CC2)c(OC)cc1Cl. The molecular formula is C20H23Cl2N3O2S. The number of rotatable bonds is 4. The molecule has 0 unspecified atom stereocenters. The zero-order chi connectivity index (χ0) is 20.3. The fourth-order valence-electron chi connectivity index (χ4n) is 3.23. The van der Waals surface area contributed by atoms with Gasteiger partial charge >= 0.3 is 0 Å². The van der Waals surface area contributed by atoms with E-state index in [0.717, 1.165) is 36.9 Å². The second-order valence-corrected chi connectivity index (χ2v) is 7.75. The molecule has 0 radical (unpaired) electrons. The maximum Gasteiger partial charge on any atom is 0.173 e. The lowest BCUT2D eigenvalue weighted by atomic mass is 10.1. The second-order valence-electron chi connectivity index (χ2n) is 6.52. The molecule has 0 bridgehead atoms. The number of thiocarbonyl (C=S) groups is 1. The fraction of sp³-hybridized carbons (Fsp3) is 0.350. The molecule has 1 fully saturated rings. The van der Waals surface area contributed by atoms with Crippen molar-refractivity contribution < 1.29 is 9.47 Å². The molecule has 1 aliphatic rings. The van der Waals surface area contributed by atoms with Crippen molar-refractivity contribution in [2.45, 2.75) is 6.92 Å². The van der Waals surface area contributed by atoms with Crippen LogP contribution >= 0.6 is 35.4 Å². The van der Waals surface area contributed by atoms with Gasteiger partial charge in [0, 0.05) is 49.0 Å². The van der Waals surface area contributed by atoms with Crippen LogP contribution in [0, 0.1) is 6.92 Å². The van der Waals surface area contributed by atoms with Crippen LogP contribution in [0.1, 0.15) is 5.56 Å². The number of halogens is 2. The Balaban J connectivity index is 1.67. The van der Waals surface area contributed by atoms with Crippen LogP contribution in [-0.4, -0.2) is 50.4 Å². The zero-order valence-electron chi connectivity index (χ0n) is 16.1. The number of piperazine rings is 1. The van der Waals surface area contributed by atoms with Crippen molar-refractivity contribution in [1.29, 1.82) is 0 Å². The average molecular weight is 440 g/mol. The summed E-state index contributed by atoms with van der Waals surface area (Å²) in [4.78, 5) is 4.48. The number of benzene rings is 2. The molecule has 150 valence electrons. The first-order valence-corrected chi connectivity index (χ1v) is 10.1. The highest BCUT2D eigenvalue weighted by Gasteiger charge is 2.21. The first-order chi connectivity index (χ1) is 13.4. The number of hydrogen-bond donors (Lipinski definition) is 1. The summed E-state index contributed by atoms with van der Waals surface area (Å²) in [6, 6.07) is 9.50. The molecule has 5 nitrogen and oxygen atoms in total. The quantitative estimate of drug-likeness (QED) is 0.686. The molecule has 0 atom stereocenters. The molecule has 28 heavy (non-hydrogen) atoms. The third-order valence-corrected chi connectivity index (χ3v) is 5.69. The zero-order valence-corrected chi connectivity index (χ0v) is 18.4. The summed E-state index contributed by atoms with van der Waals surface area (Å²) in [6.45, 7) is 5.45. The lowest BCUT2D eigenvalue weighted by Crippen LogP contribution is -2.50. The molecule has 2 aromatic rings. The summed E-state index contributed by atoms with van der Waals surface area (Å²) in [6.07, 6.45) is 0. The van der Waals surface area contributed by atoms with Crippen molar-refractivity contribution in [3.05, 3.63) is 45.9 Å². The lowest BCUT2D eigenvalue weighted by Gasteiger charge is -2.38. The third-order valence-electron chi connectivity index (χ3n) is 4.79. The second kappa shape index (κ2) is 9.07. The van der Waals surface area contributed by atoms with Crippen LogP contribution in [0.4, 0.5) is 11.4 Å². The van der Waals surface area contributed by atoms with Crippen molar-refractivity contribution in [2.24, 2.45) is 0 Å². The van der Waals surface area contributed by atoms with Gasteiger partial charge in [0.15, 0.2) is 5.11 Å². The average Bonchev–Trinajstić information content (AvgIpc) is 2.70. The highest BCUT2D eigenvalue weighted by molar-refractivity contribution is 7.80. The summed E-state index contributed by atoms with van der Waals surface area (Å²) in [7, 11) is 3.17. The number of methoxy groups -OCH3 is 2. The summed E-state index contributed by atoms with van der Waals surface area (Å²) >= 11 is 18.0. The molecular weight excluding hydrogens is 417 g/mol. The topological polar surface area (TPSA) is 37.0 Å². The van der Waals surface area contributed by atoms with Gasteiger partial charge in [-0.1, -0.05) is 29.3 Å². The van der Waals surface area contributed by atoms with Gasteiger partial charge < -0.3 is 24.6 Å². The Hall–Kier alpha value is -1.89. The monoisotopic (exact) mass is 439 g/mol. The Kier molecular flexibility index (Phi) is 6.75. The number of aryl methyl sites for hydroxylation is 1. The first-order valence-electron chi connectivity index (χ1n) is 8.91. The lowest BCUT2D eigenvalue weighted by molar-refractivity contribution is 0.389. The van der Waals surface area contributed by atoms with Crippen LogP contribution in [0.15, 0.2) is 30.3 Å². The normalized spacial score (nSPS) is 14.0. The summed E-state index contributed by atoms with van der Waals surface area (Å²) in [5.41, 5.74) is 3.12. The Morgan fingerprint density at radius 1 is 1.00 bits per heavy atom. The largest absolute Gasteiger partial charge is 0.495 e. The molecule has 0 spiro atoms. The number of ether oxygens (including phenoxy) is 2. The first kappa shape index (κ1) is 20.8. The molecule has 1 N–H and O–H groups in total. The van der Waals surface area contributed by atoms with Crippen molar-refractivity contribution >= 4 is 51.9 Å². The van der Waals surface area contributed by atoms with Gasteiger partial charge in [-0.2, -0.15) is 0 Å². The number of hydrogen-bond acceptors (Lipinski definition) is 4. The van der Waals surface area contributed by atoms with Crippen LogP contribution < -0.4 is 19.7 Å². The number of anilines is 2. The van der Waals surface area contributed by atoms with E-state index in [2.05, 4.69) is 28.1 Å². The summed E-state index contributed by atoms with van der Waals surface area (Å²) in [5, 5.41) is 5.15. The molecule has 8 heteroatoms. The van der Waals surface area contributed by atoms with Crippen molar-refractivity contribution in [2.75, 3.05) is 50.6 Å². The maximum absolute atomic E-state index is 6.17. The van der Waals surface area contributed by atoms with E-state index >= 15 is 0 Å². The third kappa shape index (κ3) is 4.57. The number of nitrogens with one attached hydrogen (secondary N) is 1. The molecule has 1 heterocycles. The van der Waals surface area contributed by atoms with Crippen molar-refractivity contribution in [1.82, 2.24) is 4.90 Å². The van der Waals surface area contributed by atoms with Gasteiger partial charge in [-0.05, 0) is 36.8 Å². The standard InChI is InChI=1S/C20H23Cl2N3O2S/c1-13-4-5-14(21)10-17(13)24-6-8-25(9-7-24)20(28)23-16-12-18(26-2)15(22)11-19(16)27-3/h4-5,10-12H,6-9H2,1-3H3,(H,23,28). The van der Waals surface area contributed by atoms with Gasteiger partial charge in [0.1, 0.15) is 11.5 Å². The Bertz CT molecular complexity index is 871. The van der Waals surface area contributed by atoms with Gasteiger partial charge in [0.25, 0.3) is 0 Å². The minimum Gasteiger partial charge on any atom is -0.495 e. The van der Waals surface area contributed by atoms with E-state index in [1.54, 1.807) is 26.4 Å². The van der Waals surface area contributed by atoms with Gasteiger partial charge in [-0.3, -0.25) is 0 Å². The van der Waals surface area contributed by atoms with Crippen LogP contribution in [0.25, 0.3) is 0 Å². The van der Waals surface area contributed by atoms with Gasteiger partial charge in [0.05, 0.1) is 24.9 Å². The minimum atomic E-state index is 0.487. The Morgan fingerprint density at radius 3 is 2.32 bits per heavy atom. The molecule has 0 saturated carbocycles. The molecule has 1 saturated heterocycles.